The van der Waals surface area contributed by atoms with Crippen molar-refractivity contribution in [3.63, 3.8) is 0 Å². The van der Waals surface area contributed by atoms with Crippen molar-refractivity contribution < 1.29 is 19.4 Å². The van der Waals surface area contributed by atoms with Gasteiger partial charge < -0.3 is 15.2 Å². The highest BCUT2D eigenvalue weighted by atomic mass is 16.5. The molecule has 1 rings (SSSR count). The Morgan fingerprint density at radius 2 is 2.22 bits per heavy atom. The summed E-state index contributed by atoms with van der Waals surface area (Å²) >= 11 is 0. The van der Waals surface area contributed by atoms with E-state index in [1.165, 1.54) is 18.2 Å². The van der Waals surface area contributed by atoms with E-state index in [1.807, 2.05) is 6.07 Å². The molecule has 18 heavy (non-hydrogen) atoms. The van der Waals surface area contributed by atoms with Crippen molar-refractivity contribution in [3.8, 4) is 11.8 Å². The molecule has 1 aromatic carbocycles. The molecule has 94 valence electrons. The second-order valence-electron chi connectivity index (χ2n) is 3.38. The van der Waals surface area contributed by atoms with Crippen LogP contribution < -0.4 is 10.1 Å². The van der Waals surface area contributed by atoms with Crippen LogP contribution in [-0.2, 0) is 4.79 Å². The van der Waals surface area contributed by atoms with Crippen LogP contribution in [0.2, 0.25) is 0 Å². The molecule has 0 aliphatic heterocycles. The van der Waals surface area contributed by atoms with Crippen molar-refractivity contribution in [2.45, 2.75) is 6.42 Å². The Morgan fingerprint density at radius 1 is 1.44 bits per heavy atom. The van der Waals surface area contributed by atoms with Crippen molar-refractivity contribution in [2.24, 2.45) is 0 Å². The second kappa shape index (κ2) is 6.91. The number of aromatic carboxylic acids is 1. The summed E-state index contributed by atoms with van der Waals surface area (Å²) in [7, 11) is 0. The van der Waals surface area contributed by atoms with Gasteiger partial charge in [0.15, 0.2) is 6.61 Å². The van der Waals surface area contributed by atoms with Crippen molar-refractivity contribution in [1.29, 1.82) is 5.26 Å². The lowest BCUT2D eigenvalue weighted by molar-refractivity contribution is -0.123. The number of benzene rings is 1. The number of hydrogen-bond donors (Lipinski definition) is 2. The molecule has 0 saturated carbocycles. The van der Waals surface area contributed by atoms with E-state index in [4.69, 9.17) is 15.1 Å². The summed E-state index contributed by atoms with van der Waals surface area (Å²) in [6.45, 7) is 0.0579. The van der Waals surface area contributed by atoms with E-state index in [-0.39, 0.29) is 31.0 Å². The van der Waals surface area contributed by atoms with Crippen LogP contribution in [0, 0.1) is 11.3 Å². The number of carbonyl (C=O) groups excluding carboxylic acids is 1. The van der Waals surface area contributed by atoms with Gasteiger partial charge >= 0.3 is 5.97 Å². The predicted molar refractivity (Wildman–Crippen MR) is 62.1 cm³/mol. The Morgan fingerprint density at radius 3 is 2.89 bits per heavy atom. The first-order chi connectivity index (χ1) is 8.63. The fourth-order valence-electron chi connectivity index (χ4n) is 1.18. The number of nitrogens with one attached hydrogen (secondary N) is 1. The normalized spacial score (nSPS) is 9.28. The number of hydrogen-bond acceptors (Lipinski definition) is 4. The SMILES string of the molecule is N#CCCNC(=O)COc1cccc(C(=O)O)c1. The molecule has 0 spiro atoms. The number of nitriles is 1. The first-order valence-corrected chi connectivity index (χ1v) is 5.23. The zero-order valence-electron chi connectivity index (χ0n) is 9.55. The summed E-state index contributed by atoms with van der Waals surface area (Å²) < 4.78 is 5.13. The topological polar surface area (TPSA) is 99.4 Å². The van der Waals surface area contributed by atoms with Gasteiger partial charge in [0.05, 0.1) is 18.1 Å². The van der Waals surface area contributed by atoms with Gasteiger partial charge in [-0.3, -0.25) is 4.79 Å². The van der Waals surface area contributed by atoms with Crippen molar-refractivity contribution in [3.05, 3.63) is 29.8 Å². The van der Waals surface area contributed by atoms with Gasteiger partial charge in [-0.2, -0.15) is 5.26 Å². The van der Waals surface area contributed by atoms with E-state index in [0.29, 0.717) is 5.75 Å². The lowest BCUT2D eigenvalue weighted by Gasteiger charge is -2.06. The minimum absolute atomic E-state index is 0.0948. The summed E-state index contributed by atoms with van der Waals surface area (Å²) in [5.41, 5.74) is 0.0948. The van der Waals surface area contributed by atoms with Gasteiger partial charge in [-0.15, -0.1) is 0 Å². The second-order valence-corrected chi connectivity index (χ2v) is 3.38. The highest BCUT2D eigenvalue weighted by molar-refractivity contribution is 5.88. The molecule has 6 nitrogen and oxygen atoms in total. The van der Waals surface area contributed by atoms with Gasteiger partial charge in [0.25, 0.3) is 5.91 Å². The number of nitrogens with zero attached hydrogens (tertiary/aromatic N) is 1. The van der Waals surface area contributed by atoms with E-state index >= 15 is 0 Å². The summed E-state index contributed by atoms with van der Waals surface area (Å²) in [6, 6.07) is 7.77. The fraction of sp³-hybridized carbons (Fsp3) is 0.250. The van der Waals surface area contributed by atoms with Crippen molar-refractivity contribution in [2.75, 3.05) is 13.2 Å². The minimum atomic E-state index is -1.06. The fourth-order valence-corrected chi connectivity index (χ4v) is 1.18. The Balaban J connectivity index is 2.44. The van der Waals surface area contributed by atoms with Crippen LogP contribution in [-0.4, -0.2) is 30.1 Å². The molecule has 0 bridgehead atoms. The first-order valence-electron chi connectivity index (χ1n) is 5.23. The van der Waals surface area contributed by atoms with Gasteiger partial charge in [0.2, 0.25) is 0 Å². The van der Waals surface area contributed by atoms with E-state index in [1.54, 1.807) is 6.07 Å². The molecule has 0 radical (unpaired) electrons. The predicted octanol–water partition coefficient (Wildman–Crippen LogP) is 0.793. The van der Waals surface area contributed by atoms with Crippen molar-refractivity contribution >= 4 is 11.9 Å². The third-order valence-electron chi connectivity index (χ3n) is 2.01. The molecule has 0 fully saturated rings. The Hall–Kier alpha value is -2.55. The van der Waals surface area contributed by atoms with Crippen LogP contribution in [0.4, 0.5) is 0 Å². The standard InChI is InChI=1S/C12H12N2O4/c13-5-2-6-14-11(15)8-18-10-4-1-3-9(7-10)12(16)17/h1,3-4,7H,2,6,8H2,(H,14,15)(H,16,17). The quantitative estimate of drug-likeness (QED) is 0.725. The number of carboxylic acid groups (broad SMARTS) is 1. The monoisotopic (exact) mass is 248 g/mol. The average molecular weight is 248 g/mol. The molecule has 0 aromatic heterocycles. The summed E-state index contributed by atoms with van der Waals surface area (Å²) in [5, 5.41) is 19.5. The van der Waals surface area contributed by atoms with Crippen LogP contribution in [0.15, 0.2) is 24.3 Å². The molecule has 0 heterocycles. The molecule has 0 saturated heterocycles. The highest BCUT2D eigenvalue weighted by Gasteiger charge is 2.05. The van der Waals surface area contributed by atoms with Gasteiger partial charge in [-0.1, -0.05) is 6.07 Å². The molecular formula is C12H12N2O4. The van der Waals surface area contributed by atoms with E-state index in [0.717, 1.165) is 0 Å². The van der Waals surface area contributed by atoms with Crippen LogP contribution in [0.1, 0.15) is 16.8 Å². The Kier molecular flexibility index (Phi) is 5.19. The third-order valence-corrected chi connectivity index (χ3v) is 2.01. The largest absolute Gasteiger partial charge is 0.484 e. The minimum Gasteiger partial charge on any atom is -0.484 e. The number of ether oxygens (including phenoxy) is 1. The molecular weight excluding hydrogens is 236 g/mol. The number of rotatable bonds is 6. The first kappa shape index (κ1) is 13.5. The summed E-state index contributed by atoms with van der Waals surface area (Å²) in [5.74, 6) is -1.10. The van der Waals surface area contributed by atoms with E-state index in [2.05, 4.69) is 5.32 Å². The molecule has 0 atom stereocenters. The van der Waals surface area contributed by atoms with Crippen LogP contribution in [0.5, 0.6) is 5.75 Å². The maximum Gasteiger partial charge on any atom is 0.335 e. The number of carbonyl (C=O) groups is 2. The smallest absolute Gasteiger partial charge is 0.335 e. The molecule has 1 amide bonds. The van der Waals surface area contributed by atoms with E-state index < -0.39 is 5.97 Å². The van der Waals surface area contributed by atoms with Crippen LogP contribution in [0.3, 0.4) is 0 Å². The molecule has 6 heteroatoms. The Bertz CT molecular complexity index is 479. The molecule has 1 aromatic rings. The van der Waals surface area contributed by atoms with Gasteiger partial charge in [-0.25, -0.2) is 4.79 Å². The summed E-state index contributed by atoms with van der Waals surface area (Å²) in [4.78, 5) is 21.9. The molecule has 0 unspecified atom stereocenters. The lowest BCUT2D eigenvalue weighted by Crippen LogP contribution is -2.29. The highest BCUT2D eigenvalue weighted by Crippen LogP contribution is 2.12. The zero-order chi connectivity index (χ0) is 13.4. The number of amides is 1. The van der Waals surface area contributed by atoms with Crippen molar-refractivity contribution in [1.82, 2.24) is 5.32 Å². The molecule has 0 aliphatic carbocycles. The maximum atomic E-state index is 11.2. The number of carboxylic acids is 1. The van der Waals surface area contributed by atoms with Crippen LogP contribution >= 0.6 is 0 Å². The average Bonchev–Trinajstić information content (AvgIpc) is 2.37. The van der Waals surface area contributed by atoms with Crippen LogP contribution in [0.25, 0.3) is 0 Å². The maximum absolute atomic E-state index is 11.2. The molecule has 2 N–H and O–H groups in total. The van der Waals surface area contributed by atoms with E-state index in [9.17, 15) is 9.59 Å². The van der Waals surface area contributed by atoms with Gasteiger partial charge in [0, 0.05) is 6.54 Å². The summed E-state index contributed by atoms with van der Waals surface area (Å²) in [6.07, 6.45) is 0.236. The zero-order valence-corrected chi connectivity index (χ0v) is 9.55. The van der Waals surface area contributed by atoms with Gasteiger partial charge in [-0.05, 0) is 18.2 Å². The third kappa shape index (κ3) is 4.53. The van der Waals surface area contributed by atoms with Gasteiger partial charge in [0.1, 0.15) is 5.75 Å². The lowest BCUT2D eigenvalue weighted by atomic mass is 10.2. The molecule has 0 aliphatic rings. The Labute approximate surface area is 104 Å².